The van der Waals surface area contributed by atoms with Crippen molar-refractivity contribution >= 4 is 33.8 Å². The second-order valence-corrected chi connectivity index (χ2v) is 7.10. The highest BCUT2D eigenvalue weighted by Gasteiger charge is 2.24. The summed E-state index contributed by atoms with van der Waals surface area (Å²) in [6, 6.07) is 8.54. The van der Waals surface area contributed by atoms with Crippen LogP contribution in [0.1, 0.15) is 26.2 Å². The number of hydrogen-bond acceptors (Lipinski definition) is 3. The fourth-order valence-electron chi connectivity index (χ4n) is 2.55. The Morgan fingerprint density at radius 2 is 2.16 bits per heavy atom. The Kier molecular flexibility index (Phi) is 4.01. The lowest BCUT2D eigenvalue weighted by Gasteiger charge is -2.22. The molecule has 1 aromatic heterocycles. The fourth-order valence-corrected chi connectivity index (χ4v) is 3.86. The number of hydrogen-bond donors (Lipinski definition) is 0. The number of fused-ring (bicyclic) bond motifs is 1. The lowest BCUT2D eigenvalue weighted by molar-refractivity contribution is 0.212. The van der Waals surface area contributed by atoms with Gasteiger partial charge in [-0.1, -0.05) is 19.1 Å². The molecule has 2 nitrogen and oxygen atoms in total. The monoisotopic (exact) mass is 292 g/mol. The van der Waals surface area contributed by atoms with Crippen LogP contribution in [0, 0.1) is 9.87 Å². The summed E-state index contributed by atoms with van der Waals surface area (Å²) < 4.78 is 4.60. The van der Waals surface area contributed by atoms with Gasteiger partial charge >= 0.3 is 0 Å². The van der Waals surface area contributed by atoms with Gasteiger partial charge in [0.25, 0.3) is 0 Å². The quantitative estimate of drug-likeness (QED) is 0.724. The highest BCUT2D eigenvalue weighted by Crippen LogP contribution is 2.30. The third-order valence-electron chi connectivity index (χ3n) is 3.67. The van der Waals surface area contributed by atoms with Crippen LogP contribution in [0.3, 0.4) is 0 Å². The van der Waals surface area contributed by atoms with Gasteiger partial charge in [-0.05, 0) is 56.1 Å². The second kappa shape index (κ2) is 5.73. The van der Waals surface area contributed by atoms with Crippen molar-refractivity contribution in [2.45, 2.75) is 32.9 Å². The molecule has 0 atom stereocenters. The summed E-state index contributed by atoms with van der Waals surface area (Å²) in [4.78, 5) is 2.56. The Morgan fingerprint density at radius 1 is 1.37 bits per heavy atom. The average molecular weight is 292 g/mol. The molecule has 0 spiro atoms. The molecule has 0 radical (unpaired) electrons. The molecule has 1 saturated carbocycles. The van der Waals surface area contributed by atoms with Gasteiger partial charge in [0.2, 0.25) is 0 Å². The van der Waals surface area contributed by atoms with Gasteiger partial charge in [-0.3, -0.25) is 4.90 Å². The van der Waals surface area contributed by atoms with Gasteiger partial charge in [0.05, 0.1) is 16.9 Å². The standard InChI is InChI=1S/C15H20N2S2/c1-2-9-16(10-12-7-8-12)11-17-13-5-3-4-6-14(13)19-15(17)18/h3-6,12H,2,7-11H2,1H3. The van der Waals surface area contributed by atoms with E-state index < -0.39 is 0 Å². The van der Waals surface area contributed by atoms with Gasteiger partial charge in [0.1, 0.15) is 0 Å². The molecule has 0 saturated heterocycles. The highest BCUT2D eigenvalue weighted by molar-refractivity contribution is 7.73. The van der Waals surface area contributed by atoms with Crippen LogP contribution in [0.5, 0.6) is 0 Å². The molecule has 3 rings (SSSR count). The Hall–Kier alpha value is -0.710. The molecule has 0 amide bonds. The predicted octanol–water partition coefficient (Wildman–Crippen LogP) is 4.51. The van der Waals surface area contributed by atoms with E-state index in [2.05, 4.69) is 40.7 Å². The first kappa shape index (κ1) is 13.3. The first-order valence-electron chi connectivity index (χ1n) is 7.08. The van der Waals surface area contributed by atoms with Crippen molar-refractivity contribution in [1.82, 2.24) is 9.47 Å². The molecule has 2 aromatic rings. The molecule has 0 unspecified atom stereocenters. The van der Waals surface area contributed by atoms with E-state index in [-0.39, 0.29) is 0 Å². The zero-order valence-corrected chi connectivity index (χ0v) is 13.0. The van der Waals surface area contributed by atoms with Crippen molar-refractivity contribution in [1.29, 1.82) is 0 Å². The van der Waals surface area contributed by atoms with Crippen LogP contribution in [-0.2, 0) is 6.67 Å². The van der Waals surface area contributed by atoms with Gasteiger partial charge in [-0.2, -0.15) is 0 Å². The smallest absolute Gasteiger partial charge is 0.163 e. The van der Waals surface area contributed by atoms with Crippen molar-refractivity contribution in [3.8, 4) is 0 Å². The SMILES string of the molecule is CCCN(CC1CC1)Cn1c(=S)sc2ccccc21. The topological polar surface area (TPSA) is 8.17 Å². The first-order valence-corrected chi connectivity index (χ1v) is 8.31. The predicted molar refractivity (Wildman–Crippen MR) is 85.2 cm³/mol. The molecule has 19 heavy (non-hydrogen) atoms. The van der Waals surface area contributed by atoms with Crippen molar-refractivity contribution in [3.05, 3.63) is 28.2 Å². The number of aromatic nitrogens is 1. The minimum atomic E-state index is 0.936. The molecular formula is C15H20N2S2. The second-order valence-electron chi connectivity index (χ2n) is 5.43. The van der Waals surface area contributed by atoms with E-state index in [1.165, 1.54) is 42.6 Å². The molecule has 1 aliphatic rings. The molecule has 1 heterocycles. The summed E-state index contributed by atoms with van der Waals surface area (Å²) in [7, 11) is 0. The molecule has 4 heteroatoms. The van der Waals surface area contributed by atoms with E-state index in [1.807, 2.05) is 0 Å². The number of rotatable bonds is 6. The highest BCUT2D eigenvalue weighted by atomic mass is 32.1. The molecule has 1 aliphatic carbocycles. The van der Waals surface area contributed by atoms with Crippen LogP contribution in [0.4, 0.5) is 0 Å². The van der Waals surface area contributed by atoms with Gasteiger partial charge in [0, 0.05) is 6.54 Å². The maximum absolute atomic E-state index is 5.54. The Balaban J connectivity index is 1.85. The Morgan fingerprint density at radius 3 is 2.89 bits per heavy atom. The van der Waals surface area contributed by atoms with E-state index in [0.717, 1.165) is 16.5 Å². The number of benzene rings is 1. The summed E-state index contributed by atoms with van der Waals surface area (Å²) in [5.74, 6) is 0.936. The Bertz CT molecular complexity index is 610. The maximum atomic E-state index is 5.54. The van der Waals surface area contributed by atoms with Crippen LogP contribution in [0.25, 0.3) is 10.2 Å². The summed E-state index contributed by atoms with van der Waals surface area (Å²) in [5.41, 5.74) is 1.29. The van der Waals surface area contributed by atoms with E-state index in [1.54, 1.807) is 11.3 Å². The minimum Gasteiger partial charge on any atom is -0.309 e. The van der Waals surface area contributed by atoms with Gasteiger partial charge in [0.15, 0.2) is 3.95 Å². The van der Waals surface area contributed by atoms with Crippen LogP contribution in [0.15, 0.2) is 24.3 Å². The normalized spacial score (nSPS) is 15.5. The fraction of sp³-hybridized carbons (Fsp3) is 0.533. The lowest BCUT2D eigenvalue weighted by Crippen LogP contribution is -2.29. The van der Waals surface area contributed by atoms with E-state index in [9.17, 15) is 0 Å². The minimum absolute atomic E-state index is 0.936. The zero-order chi connectivity index (χ0) is 13.2. The van der Waals surface area contributed by atoms with Crippen LogP contribution in [-0.4, -0.2) is 22.6 Å². The molecular weight excluding hydrogens is 272 g/mol. The molecule has 102 valence electrons. The number of para-hydroxylation sites is 1. The maximum Gasteiger partial charge on any atom is 0.163 e. The summed E-state index contributed by atoms with van der Waals surface area (Å²) in [6.07, 6.45) is 4.04. The van der Waals surface area contributed by atoms with E-state index >= 15 is 0 Å². The van der Waals surface area contributed by atoms with E-state index in [0.29, 0.717) is 0 Å². The van der Waals surface area contributed by atoms with Crippen molar-refractivity contribution in [3.63, 3.8) is 0 Å². The molecule has 0 aliphatic heterocycles. The number of thiazole rings is 1. The van der Waals surface area contributed by atoms with Gasteiger partial charge in [-0.25, -0.2) is 0 Å². The zero-order valence-electron chi connectivity index (χ0n) is 11.3. The van der Waals surface area contributed by atoms with Crippen LogP contribution < -0.4 is 0 Å². The molecule has 1 fully saturated rings. The Labute approximate surface area is 123 Å². The van der Waals surface area contributed by atoms with Gasteiger partial charge < -0.3 is 4.57 Å². The largest absolute Gasteiger partial charge is 0.309 e. The van der Waals surface area contributed by atoms with E-state index in [4.69, 9.17) is 12.2 Å². The average Bonchev–Trinajstić information content (AvgIpc) is 3.15. The third-order valence-corrected chi connectivity index (χ3v) is 5.10. The lowest BCUT2D eigenvalue weighted by atomic mass is 10.3. The summed E-state index contributed by atoms with van der Waals surface area (Å²) >= 11 is 7.26. The summed E-state index contributed by atoms with van der Waals surface area (Å²) in [5, 5.41) is 0. The molecule has 0 N–H and O–H groups in total. The van der Waals surface area contributed by atoms with Crippen LogP contribution in [0.2, 0.25) is 0 Å². The molecule has 0 bridgehead atoms. The first-order chi connectivity index (χ1) is 9.28. The van der Waals surface area contributed by atoms with Crippen molar-refractivity contribution < 1.29 is 0 Å². The third kappa shape index (κ3) is 3.07. The number of nitrogens with zero attached hydrogens (tertiary/aromatic N) is 2. The summed E-state index contributed by atoms with van der Waals surface area (Å²) in [6.45, 7) is 5.61. The van der Waals surface area contributed by atoms with Gasteiger partial charge in [-0.15, -0.1) is 11.3 Å². The van der Waals surface area contributed by atoms with Crippen molar-refractivity contribution in [2.75, 3.05) is 13.1 Å². The van der Waals surface area contributed by atoms with Crippen LogP contribution >= 0.6 is 23.6 Å². The molecule has 1 aromatic carbocycles. The van der Waals surface area contributed by atoms with Crippen molar-refractivity contribution in [2.24, 2.45) is 5.92 Å².